The van der Waals surface area contributed by atoms with Crippen LogP contribution in [0.3, 0.4) is 0 Å². The molecule has 2 atom stereocenters. The van der Waals surface area contributed by atoms with Gasteiger partial charge in [0.2, 0.25) is 5.79 Å². The first kappa shape index (κ1) is 12.4. The Labute approximate surface area is 107 Å². The van der Waals surface area contributed by atoms with Gasteiger partial charge in [-0.3, -0.25) is 9.57 Å². The third-order valence-electron chi connectivity index (χ3n) is 4.34. The second-order valence-corrected chi connectivity index (χ2v) is 5.93. The molecule has 2 saturated heterocycles. The Morgan fingerprint density at radius 3 is 2.67 bits per heavy atom. The SMILES string of the molecule is CC(C)[C@@H]1CNOC12OC1(CCCCC1)OC2=O. The van der Waals surface area contributed by atoms with E-state index in [0.717, 1.165) is 25.7 Å². The third kappa shape index (κ3) is 1.68. The third-order valence-corrected chi connectivity index (χ3v) is 4.34. The quantitative estimate of drug-likeness (QED) is 0.723. The van der Waals surface area contributed by atoms with Crippen LogP contribution < -0.4 is 5.48 Å². The fourth-order valence-electron chi connectivity index (χ4n) is 3.29. The van der Waals surface area contributed by atoms with E-state index in [0.29, 0.717) is 12.5 Å². The summed E-state index contributed by atoms with van der Waals surface area (Å²) in [6.07, 6.45) is 4.85. The summed E-state index contributed by atoms with van der Waals surface area (Å²) in [5, 5.41) is 0. The first-order valence-electron chi connectivity index (χ1n) is 6.92. The molecule has 1 unspecified atom stereocenters. The molecule has 0 aromatic heterocycles. The lowest BCUT2D eigenvalue weighted by molar-refractivity contribution is -0.284. The Kier molecular flexibility index (Phi) is 2.88. The highest BCUT2D eigenvalue weighted by molar-refractivity contribution is 5.80. The van der Waals surface area contributed by atoms with Crippen LogP contribution in [0.4, 0.5) is 0 Å². The monoisotopic (exact) mass is 255 g/mol. The Balaban J connectivity index is 1.87. The molecule has 3 rings (SSSR count). The normalized spacial score (nSPS) is 38.8. The number of esters is 1. The van der Waals surface area contributed by atoms with Gasteiger partial charge in [0.1, 0.15) is 0 Å². The van der Waals surface area contributed by atoms with Gasteiger partial charge in [0.25, 0.3) is 5.79 Å². The highest BCUT2D eigenvalue weighted by Crippen LogP contribution is 2.48. The van der Waals surface area contributed by atoms with E-state index in [9.17, 15) is 4.79 Å². The Morgan fingerprint density at radius 2 is 2.00 bits per heavy atom. The molecule has 2 spiro atoms. The van der Waals surface area contributed by atoms with E-state index in [1.165, 1.54) is 6.42 Å². The first-order chi connectivity index (χ1) is 8.58. The lowest BCUT2D eigenvalue weighted by Gasteiger charge is -2.33. The van der Waals surface area contributed by atoms with Crippen LogP contribution in [0.25, 0.3) is 0 Å². The van der Waals surface area contributed by atoms with Crippen molar-refractivity contribution < 1.29 is 19.1 Å². The second-order valence-electron chi connectivity index (χ2n) is 5.93. The van der Waals surface area contributed by atoms with Gasteiger partial charge in [0.15, 0.2) is 0 Å². The van der Waals surface area contributed by atoms with Gasteiger partial charge in [-0.15, -0.1) is 0 Å². The van der Waals surface area contributed by atoms with E-state index in [2.05, 4.69) is 19.3 Å². The van der Waals surface area contributed by atoms with Gasteiger partial charge in [-0.1, -0.05) is 20.3 Å². The molecular weight excluding hydrogens is 234 g/mol. The Hall–Kier alpha value is -0.650. The molecule has 2 heterocycles. The molecule has 3 aliphatic rings. The summed E-state index contributed by atoms with van der Waals surface area (Å²) >= 11 is 0. The van der Waals surface area contributed by atoms with Gasteiger partial charge in [0.05, 0.1) is 0 Å². The van der Waals surface area contributed by atoms with Crippen molar-refractivity contribution in [2.24, 2.45) is 11.8 Å². The number of hydrogen-bond donors (Lipinski definition) is 1. The van der Waals surface area contributed by atoms with Crippen LogP contribution in [0.1, 0.15) is 46.0 Å². The Morgan fingerprint density at radius 1 is 1.28 bits per heavy atom. The van der Waals surface area contributed by atoms with Gasteiger partial charge in [0, 0.05) is 25.3 Å². The Bertz CT molecular complexity index is 351. The number of rotatable bonds is 1. The van der Waals surface area contributed by atoms with E-state index in [1.54, 1.807) is 0 Å². The van der Waals surface area contributed by atoms with Crippen molar-refractivity contribution in [2.75, 3.05) is 6.54 Å². The molecule has 0 aromatic carbocycles. The molecule has 0 aromatic rings. The van der Waals surface area contributed by atoms with Crippen LogP contribution in [-0.4, -0.2) is 24.1 Å². The zero-order valence-electron chi connectivity index (χ0n) is 11.0. The van der Waals surface area contributed by atoms with E-state index in [1.807, 2.05) is 0 Å². The van der Waals surface area contributed by atoms with Crippen LogP contribution >= 0.6 is 0 Å². The maximum absolute atomic E-state index is 12.3. The maximum atomic E-state index is 12.3. The fourth-order valence-corrected chi connectivity index (χ4v) is 3.29. The maximum Gasteiger partial charge on any atom is 0.371 e. The largest absolute Gasteiger partial charge is 0.429 e. The van der Waals surface area contributed by atoms with Crippen molar-refractivity contribution in [3.63, 3.8) is 0 Å². The van der Waals surface area contributed by atoms with Gasteiger partial charge in [-0.25, -0.2) is 4.79 Å². The summed E-state index contributed by atoms with van der Waals surface area (Å²) in [7, 11) is 0. The molecule has 1 N–H and O–H groups in total. The zero-order valence-corrected chi connectivity index (χ0v) is 11.0. The lowest BCUT2D eigenvalue weighted by Crippen LogP contribution is -2.46. The average Bonchev–Trinajstić information content (AvgIpc) is 2.84. The summed E-state index contributed by atoms with van der Waals surface area (Å²) in [5.74, 6) is -1.99. The standard InChI is InChI=1S/C13H21NO4/c1-9(2)10-8-14-18-13(10)11(15)16-12(17-13)6-4-3-5-7-12/h9-10,14H,3-8H2,1-2H3/t10-,13?/m0/s1. The number of ether oxygens (including phenoxy) is 2. The van der Waals surface area contributed by atoms with Gasteiger partial charge in [-0.05, 0) is 18.8 Å². The van der Waals surface area contributed by atoms with Crippen LogP contribution in [0, 0.1) is 11.8 Å². The van der Waals surface area contributed by atoms with Crippen LogP contribution in [0.5, 0.6) is 0 Å². The number of carbonyl (C=O) groups excluding carboxylic acids is 1. The molecule has 1 aliphatic carbocycles. The summed E-state index contributed by atoms with van der Waals surface area (Å²) in [4.78, 5) is 17.7. The molecule has 0 radical (unpaired) electrons. The number of hydrogen-bond acceptors (Lipinski definition) is 5. The minimum absolute atomic E-state index is 0.00583. The summed E-state index contributed by atoms with van der Waals surface area (Å²) in [5.41, 5.74) is 2.81. The van der Waals surface area contributed by atoms with Gasteiger partial charge < -0.3 is 4.74 Å². The molecule has 5 nitrogen and oxygen atoms in total. The summed E-state index contributed by atoms with van der Waals surface area (Å²) in [6, 6.07) is 0. The predicted molar refractivity (Wildman–Crippen MR) is 63.1 cm³/mol. The average molecular weight is 255 g/mol. The molecule has 3 fully saturated rings. The van der Waals surface area contributed by atoms with Crippen molar-refractivity contribution in [3.8, 4) is 0 Å². The minimum Gasteiger partial charge on any atom is -0.429 e. The van der Waals surface area contributed by atoms with Gasteiger partial charge >= 0.3 is 5.97 Å². The van der Waals surface area contributed by atoms with Crippen molar-refractivity contribution in [1.29, 1.82) is 0 Å². The van der Waals surface area contributed by atoms with Crippen molar-refractivity contribution in [3.05, 3.63) is 0 Å². The molecule has 5 heteroatoms. The highest BCUT2D eigenvalue weighted by atomic mass is 16.9. The smallest absolute Gasteiger partial charge is 0.371 e. The summed E-state index contributed by atoms with van der Waals surface area (Å²) in [6.45, 7) is 4.78. The molecule has 0 amide bonds. The number of hydroxylamine groups is 1. The van der Waals surface area contributed by atoms with Crippen molar-refractivity contribution in [2.45, 2.75) is 57.5 Å². The molecule has 0 bridgehead atoms. The van der Waals surface area contributed by atoms with Crippen molar-refractivity contribution >= 4 is 5.97 Å². The highest BCUT2D eigenvalue weighted by Gasteiger charge is 2.66. The fraction of sp³-hybridized carbons (Fsp3) is 0.923. The van der Waals surface area contributed by atoms with Crippen molar-refractivity contribution in [1.82, 2.24) is 5.48 Å². The van der Waals surface area contributed by atoms with E-state index in [-0.39, 0.29) is 11.9 Å². The minimum atomic E-state index is -1.22. The topological polar surface area (TPSA) is 56.8 Å². The van der Waals surface area contributed by atoms with Crippen LogP contribution in [0.15, 0.2) is 0 Å². The van der Waals surface area contributed by atoms with Gasteiger partial charge in [-0.2, -0.15) is 5.48 Å². The molecule has 2 aliphatic heterocycles. The first-order valence-corrected chi connectivity index (χ1v) is 6.92. The lowest BCUT2D eigenvalue weighted by atomic mass is 9.88. The molecule has 1 saturated carbocycles. The predicted octanol–water partition coefficient (Wildman–Crippen LogP) is 1.72. The van der Waals surface area contributed by atoms with Crippen LogP contribution in [0.2, 0.25) is 0 Å². The molecular formula is C13H21NO4. The van der Waals surface area contributed by atoms with E-state index in [4.69, 9.17) is 14.3 Å². The van der Waals surface area contributed by atoms with E-state index < -0.39 is 11.6 Å². The number of nitrogens with one attached hydrogen (secondary N) is 1. The number of carbonyl (C=O) groups is 1. The second kappa shape index (κ2) is 4.18. The van der Waals surface area contributed by atoms with E-state index >= 15 is 0 Å². The van der Waals surface area contributed by atoms with Crippen LogP contribution in [-0.2, 0) is 19.1 Å². The summed E-state index contributed by atoms with van der Waals surface area (Å²) < 4.78 is 11.6. The molecule has 18 heavy (non-hydrogen) atoms. The molecule has 102 valence electrons. The zero-order chi connectivity index (χ0) is 12.8.